The lowest BCUT2D eigenvalue weighted by Crippen LogP contribution is -2.32. The smallest absolute Gasteiger partial charge is 0.258 e. The van der Waals surface area contributed by atoms with E-state index >= 15 is 0 Å². The average Bonchev–Trinajstić information content (AvgIpc) is 2.73. The summed E-state index contributed by atoms with van der Waals surface area (Å²) < 4.78 is 0. The van der Waals surface area contributed by atoms with Gasteiger partial charge >= 0.3 is 0 Å². The summed E-state index contributed by atoms with van der Waals surface area (Å²) >= 11 is 6.03. The minimum atomic E-state index is -0.272. The molecule has 1 heterocycles. The van der Waals surface area contributed by atoms with Gasteiger partial charge in [-0.25, -0.2) is 4.98 Å². The van der Waals surface area contributed by atoms with Gasteiger partial charge in [0, 0.05) is 28.7 Å². The standard InChI is InChI=1S/C23H25ClN4O3/c1-4-11-28(13-20-26-19-12-16(24)7-10-18(19)22(30)27-20)23(31)15-5-8-17(9-6-15)25-21(29)14(2)3/h5-10,12,14H,4,11,13H2,1-3H3,(H,25,29)(H,26,27,30). The molecule has 0 fully saturated rings. The van der Waals surface area contributed by atoms with Crippen molar-refractivity contribution in [3.8, 4) is 0 Å². The van der Waals surface area contributed by atoms with E-state index in [9.17, 15) is 14.4 Å². The molecule has 0 aliphatic carbocycles. The van der Waals surface area contributed by atoms with Crippen molar-refractivity contribution in [2.24, 2.45) is 5.92 Å². The molecule has 2 N–H and O–H groups in total. The third kappa shape index (κ3) is 5.49. The van der Waals surface area contributed by atoms with Gasteiger partial charge in [0.05, 0.1) is 17.4 Å². The number of halogens is 1. The number of amides is 2. The zero-order valence-corrected chi connectivity index (χ0v) is 18.5. The summed E-state index contributed by atoms with van der Waals surface area (Å²) in [7, 11) is 0. The molecule has 0 spiro atoms. The molecule has 162 valence electrons. The maximum atomic E-state index is 13.1. The summed E-state index contributed by atoms with van der Waals surface area (Å²) in [6, 6.07) is 11.7. The number of fused-ring (bicyclic) bond motifs is 1. The van der Waals surface area contributed by atoms with Crippen molar-refractivity contribution < 1.29 is 9.59 Å². The zero-order valence-electron chi connectivity index (χ0n) is 17.7. The van der Waals surface area contributed by atoms with E-state index in [0.717, 1.165) is 6.42 Å². The lowest BCUT2D eigenvalue weighted by Gasteiger charge is -2.22. The first-order valence-electron chi connectivity index (χ1n) is 10.2. The Hall–Kier alpha value is -3.19. The van der Waals surface area contributed by atoms with Crippen LogP contribution in [0.1, 0.15) is 43.4 Å². The second-order valence-corrected chi connectivity index (χ2v) is 8.06. The van der Waals surface area contributed by atoms with Crippen molar-refractivity contribution in [2.75, 3.05) is 11.9 Å². The van der Waals surface area contributed by atoms with Crippen molar-refractivity contribution in [1.29, 1.82) is 0 Å². The van der Waals surface area contributed by atoms with E-state index in [2.05, 4.69) is 15.3 Å². The van der Waals surface area contributed by atoms with Crippen molar-refractivity contribution in [1.82, 2.24) is 14.9 Å². The highest BCUT2D eigenvalue weighted by Gasteiger charge is 2.18. The summed E-state index contributed by atoms with van der Waals surface area (Å²) in [4.78, 5) is 46.2. The highest BCUT2D eigenvalue weighted by molar-refractivity contribution is 6.31. The van der Waals surface area contributed by atoms with Gasteiger partial charge in [-0.05, 0) is 48.9 Å². The fourth-order valence-corrected chi connectivity index (χ4v) is 3.27. The monoisotopic (exact) mass is 440 g/mol. The summed E-state index contributed by atoms with van der Waals surface area (Å²) in [5, 5.41) is 3.74. The molecule has 0 bridgehead atoms. The van der Waals surface area contributed by atoms with Crippen LogP contribution in [0.25, 0.3) is 10.9 Å². The number of carbonyl (C=O) groups is 2. The van der Waals surface area contributed by atoms with Crippen molar-refractivity contribution in [2.45, 2.75) is 33.7 Å². The maximum Gasteiger partial charge on any atom is 0.258 e. The molecule has 31 heavy (non-hydrogen) atoms. The Kier molecular flexibility index (Phi) is 7.07. The summed E-state index contributed by atoms with van der Waals surface area (Å²) in [5.74, 6) is -0.00854. The lowest BCUT2D eigenvalue weighted by molar-refractivity contribution is -0.118. The molecule has 3 rings (SSSR count). The Bertz CT molecular complexity index is 1160. The molecule has 0 unspecified atom stereocenters. The number of aromatic amines is 1. The number of carbonyl (C=O) groups excluding carboxylic acids is 2. The predicted octanol–water partition coefficient (Wildman–Crippen LogP) is 4.22. The molecule has 0 aliphatic heterocycles. The molecule has 0 aliphatic rings. The molecule has 2 amide bonds. The summed E-state index contributed by atoms with van der Waals surface area (Å²) in [5.41, 5.74) is 1.34. The Balaban J connectivity index is 1.82. The van der Waals surface area contributed by atoms with Crippen LogP contribution < -0.4 is 10.9 Å². The van der Waals surface area contributed by atoms with E-state index in [-0.39, 0.29) is 29.8 Å². The SMILES string of the molecule is CCCN(Cc1nc2cc(Cl)ccc2c(=O)[nH]1)C(=O)c1ccc(NC(=O)C(C)C)cc1. The molecule has 2 aromatic carbocycles. The topological polar surface area (TPSA) is 95.2 Å². The van der Waals surface area contributed by atoms with Crippen LogP contribution in [0.2, 0.25) is 5.02 Å². The van der Waals surface area contributed by atoms with Crippen molar-refractivity contribution in [3.63, 3.8) is 0 Å². The number of hydrogen-bond donors (Lipinski definition) is 2. The molecule has 0 saturated carbocycles. The second kappa shape index (κ2) is 9.75. The first kappa shape index (κ1) is 22.5. The second-order valence-electron chi connectivity index (χ2n) is 7.62. The lowest BCUT2D eigenvalue weighted by atomic mass is 10.1. The van der Waals surface area contributed by atoms with E-state index in [1.54, 1.807) is 47.4 Å². The maximum absolute atomic E-state index is 13.1. The van der Waals surface area contributed by atoms with Gasteiger partial charge in [-0.3, -0.25) is 14.4 Å². The fourth-order valence-electron chi connectivity index (χ4n) is 3.10. The third-order valence-corrected chi connectivity index (χ3v) is 5.00. The van der Waals surface area contributed by atoms with E-state index < -0.39 is 0 Å². The molecule has 7 nitrogen and oxygen atoms in total. The van der Waals surface area contributed by atoms with Crippen LogP contribution in [0.5, 0.6) is 0 Å². The van der Waals surface area contributed by atoms with Gasteiger partial charge in [0.15, 0.2) is 0 Å². The molecule has 0 atom stereocenters. The van der Waals surface area contributed by atoms with E-state index in [0.29, 0.717) is 39.5 Å². The molecule has 0 radical (unpaired) electrons. The number of H-pyrrole nitrogens is 1. The van der Waals surface area contributed by atoms with Crippen molar-refractivity contribution >= 4 is 40.0 Å². The molecule has 1 aromatic heterocycles. The Morgan fingerprint density at radius 3 is 2.52 bits per heavy atom. The number of nitrogens with zero attached hydrogens (tertiary/aromatic N) is 2. The van der Waals surface area contributed by atoms with E-state index in [4.69, 9.17) is 11.6 Å². The van der Waals surface area contributed by atoms with Gasteiger partial charge in [0.2, 0.25) is 5.91 Å². The Morgan fingerprint density at radius 2 is 1.87 bits per heavy atom. The Morgan fingerprint density at radius 1 is 1.16 bits per heavy atom. The minimum absolute atomic E-state index is 0.0851. The van der Waals surface area contributed by atoms with Crippen LogP contribution in [-0.2, 0) is 11.3 Å². The highest BCUT2D eigenvalue weighted by atomic mass is 35.5. The van der Waals surface area contributed by atoms with Gasteiger partial charge < -0.3 is 15.2 Å². The first-order valence-corrected chi connectivity index (χ1v) is 10.5. The molecular formula is C23H25ClN4O3. The van der Waals surface area contributed by atoms with Crippen LogP contribution in [0.3, 0.4) is 0 Å². The first-order chi connectivity index (χ1) is 14.8. The van der Waals surface area contributed by atoms with Gasteiger partial charge in [0.25, 0.3) is 11.5 Å². The van der Waals surface area contributed by atoms with Gasteiger partial charge in [-0.1, -0.05) is 32.4 Å². The Labute approximate surface area is 185 Å². The number of nitrogens with one attached hydrogen (secondary N) is 2. The average molecular weight is 441 g/mol. The largest absolute Gasteiger partial charge is 0.331 e. The van der Waals surface area contributed by atoms with Crippen molar-refractivity contribution in [3.05, 3.63) is 69.2 Å². The number of hydrogen-bond acceptors (Lipinski definition) is 4. The highest BCUT2D eigenvalue weighted by Crippen LogP contribution is 2.17. The molecule has 3 aromatic rings. The van der Waals surface area contributed by atoms with Crippen LogP contribution in [0.4, 0.5) is 5.69 Å². The van der Waals surface area contributed by atoms with Crippen LogP contribution >= 0.6 is 11.6 Å². The van der Waals surface area contributed by atoms with Crippen LogP contribution in [0, 0.1) is 5.92 Å². The predicted molar refractivity (Wildman–Crippen MR) is 122 cm³/mol. The minimum Gasteiger partial charge on any atom is -0.331 e. The fraction of sp³-hybridized carbons (Fsp3) is 0.304. The quantitative estimate of drug-likeness (QED) is 0.574. The van der Waals surface area contributed by atoms with Gasteiger partial charge in [-0.2, -0.15) is 0 Å². The molecular weight excluding hydrogens is 416 g/mol. The molecule has 0 saturated heterocycles. The number of anilines is 1. The summed E-state index contributed by atoms with van der Waals surface area (Å²) in [6.07, 6.45) is 0.748. The third-order valence-electron chi connectivity index (χ3n) is 4.76. The normalized spacial score (nSPS) is 11.0. The van der Waals surface area contributed by atoms with Crippen LogP contribution in [-0.4, -0.2) is 33.2 Å². The zero-order chi connectivity index (χ0) is 22.5. The number of rotatable bonds is 7. The van der Waals surface area contributed by atoms with Gasteiger partial charge in [0.1, 0.15) is 5.82 Å². The van der Waals surface area contributed by atoms with Gasteiger partial charge in [-0.15, -0.1) is 0 Å². The van der Waals surface area contributed by atoms with E-state index in [1.807, 2.05) is 20.8 Å². The number of aromatic nitrogens is 2. The summed E-state index contributed by atoms with van der Waals surface area (Å²) in [6.45, 7) is 6.27. The van der Waals surface area contributed by atoms with E-state index in [1.165, 1.54) is 0 Å². The number of benzene rings is 2. The van der Waals surface area contributed by atoms with Crippen LogP contribution in [0.15, 0.2) is 47.3 Å². The molecule has 8 heteroatoms.